The number of aromatic nitrogens is 2. The fourth-order valence-electron chi connectivity index (χ4n) is 2.27. The number of carboxylic acids is 1. The van der Waals surface area contributed by atoms with E-state index in [2.05, 4.69) is 10.2 Å². The molecule has 1 unspecified atom stereocenters. The van der Waals surface area contributed by atoms with Crippen LogP contribution >= 0.6 is 0 Å². The van der Waals surface area contributed by atoms with Crippen molar-refractivity contribution < 1.29 is 14.7 Å². The number of aliphatic carboxylic acids is 1. The summed E-state index contributed by atoms with van der Waals surface area (Å²) in [5.74, 6) is -0.551. The zero-order valence-corrected chi connectivity index (χ0v) is 10.3. The molecule has 1 saturated heterocycles. The Morgan fingerprint density at radius 1 is 1.61 bits per heavy atom. The summed E-state index contributed by atoms with van der Waals surface area (Å²) in [7, 11) is 0. The Balaban J connectivity index is 1.88. The van der Waals surface area contributed by atoms with E-state index in [1.165, 1.54) is 0 Å². The maximum Gasteiger partial charge on any atom is 0.303 e. The second-order valence-electron chi connectivity index (χ2n) is 4.77. The molecule has 1 amide bonds. The zero-order chi connectivity index (χ0) is 13.1. The highest BCUT2D eigenvalue weighted by Crippen LogP contribution is 2.22. The van der Waals surface area contributed by atoms with E-state index in [0.717, 1.165) is 12.1 Å². The molecule has 1 aromatic rings. The summed E-state index contributed by atoms with van der Waals surface area (Å²) >= 11 is 0. The van der Waals surface area contributed by atoms with Crippen LogP contribution in [0.1, 0.15) is 35.4 Å². The number of H-pyrrole nitrogens is 1. The van der Waals surface area contributed by atoms with Gasteiger partial charge in [0.2, 0.25) is 0 Å². The predicted molar refractivity (Wildman–Crippen MR) is 64.2 cm³/mol. The molecule has 1 aromatic heterocycles. The molecule has 6 nitrogen and oxygen atoms in total. The first kappa shape index (κ1) is 12.6. The predicted octanol–water partition coefficient (Wildman–Crippen LogP) is 1.05. The summed E-state index contributed by atoms with van der Waals surface area (Å²) in [5, 5.41) is 15.3. The van der Waals surface area contributed by atoms with Crippen molar-refractivity contribution in [2.45, 2.75) is 26.2 Å². The minimum atomic E-state index is -0.775. The Labute approximate surface area is 105 Å². The molecule has 6 heteroatoms. The van der Waals surface area contributed by atoms with E-state index >= 15 is 0 Å². The van der Waals surface area contributed by atoms with Gasteiger partial charge < -0.3 is 10.0 Å². The van der Waals surface area contributed by atoms with Crippen molar-refractivity contribution in [3.05, 3.63) is 17.5 Å². The number of rotatable bonds is 4. The van der Waals surface area contributed by atoms with E-state index in [9.17, 15) is 9.59 Å². The molecule has 0 aromatic carbocycles. The van der Waals surface area contributed by atoms with Crippen LogP contribution in [0.3, 0.4) is 0 Å². The van der Waals surface area contributed by atoms with Crippen molar-refractivity contribution >= 4 is 11.9 Å². The second-order valence-corrected chi connectivity index (χ2v) is 4.77. The molecule has 0 aliphatic carbocycles. The van der Waals surface area contributed by atoms with Crippen molar-refractivity contribution in [1.82, 2.24) is 15.1 Å². The van der Waals surface area contributed by atoms with Gasteiger partial charge in [0.25, 0.3) is 5.91 Å². The number of amides is 1. The van der Waals surface area contributed by atoms with Gasteiger partial charge in [0.1, 0.15) is 5.69 Å². The van der Waals surface area contributed by atoms with Crippen molar-refractivity contribution in [2.24, 2.45) is 5.92 Å². The Morgan fingerprint density at radius 3 is 3.00 bits per heavy atom. The number of nitrogens with zero attached hydrogens (tertiary/aromatic N) is 2. The van der Waals surface area contributed by atoms with Crippen LogP contribution in [0, 0.1) is 12.8 Å². The van der Waals surface area contributed by atoms with Crippen LogP contribution in [0.4, 0.5) is 0 Å². The first-order valence-electron chi connectivity index (χ1n) is 6.09. The summed E-state index contributed by atoms with van der Waals surface area (Å²) < 4.78 is 0. The van der Waals surface area contributed by atoms with Gasteiger partial charge in [0.15, 0.2) is 0 Å². The number of aryl methyl sites for hydroxylation is 1. The van der Waals surface area contributed by atoms with Crippen LogP contribution in [0.15, 0.2) is 6.07 Å². The average molecular weight is 251 g/mol. The third kappa shape index (κ3) is 2.88. The van der Waals surface area contributed by atoms with E-state index in [1.54, 1.807) is 11.0 Å². The number of hydrogen-bond acceptors (Lipinski definition) is 3. The summed E-state index contributed by atoms with van der Waals surface area (Å²) in [6.07, 6.45) is 1.69. The van der Waals surface area contributed by atoms with E-state index in [-0.39, 0.29) is 12.3 Å². The van der Waals surface area contributed by atoms with E-state index < -0.39 is 5.97 Å². The molecule has 2 N–H and O–H groups in total. The third-order valence-corrected chi connectivity index (χ3v) is 3.26. The largest absolute Gasteiger partial charge is 0.481 e. The fourth-order valence-corrected chi connectivity index (χ4v) is 2.27. The first-order valence-corrected chi connectivity index (χ1v) is 6.09. The quantitative estimate of drug-likeness (QED) is 0.837. The van der Waals surface area contributed by atoms with Gasteiger partial charge in [0, 0.05) is 25.2 Å². The lowest BCUT2D eigenvalue weighted by Gasteiger charge is -2.14. The summed E-state index contributed by atoms with van der Waals surface area (Å²) in [4.78, 5) is 24.3. The molecule has 1 fully saturated rings. The molecule has 18 heavy (non-hydrogen) atoms. The highest BCUT2D eigenvalue weighted by Gasteiger charge is 2.28. The number of carboxylic acid groups (broad SMARTS) is 1. The molecule has 1 atom stereocenters. The Kier molecular flexibility index (Phi) is 3.64. The number of aromatic amines is 1. The maximum atomic E-state index is 12.1. The molecule has 1 aliphatic rings. The van der Waals surface area contributed by atoms with Crippen LogP contribution in [-0.2, 0) is 4.79 Å². The van der Waals surface area contributed by atoms with Gasteiger partial charge in [-0.3, -0.25) is 14.7 Å². The Hall–Kier alpha value is -1.85. The van der Waals surface area contributed by atoms with Gasteiger partial charge in [0.05, 0.1) is 0 Å². The monoisotopic (exact) mass is 251 g/mol. The van der Waals surface area contributed by atoms with Crippen LogP contribution in [-0.4, -0.2) is 45.2 Å². The highest BCUT2D eigenvalue weighted by molar-refractivity contribution is 5.92. The molecule has 0 radical (unpaired) electrons. The van der Waals surface area contributed by atoms with Crippen molar-refractivity contribution in [2.75, 3.05) is 13.1 Å². The molecule has 0 bridgehead atoms. The lowest BCUT2D eigenvalue weighted by atomic mass is 10.0. The number of likely N-dealkylation sites (tertiary alicyclic amines) is 1. The van der Waals surface area contributed by atoms with Crippen LogP contribution < -0.4 is 0 Å². The van der Waals surface area contributed by atoms with Gasteiger partial charge in [-0.1, -0.05) is 0 Å². The van der Waals surface area contributed by atoms with Crippen LogP contribution in [0.2, 0.25) is 0 Å². The summed E-state index contributed by atoms with van der Waals surface area (Å²) in [6, 6.07) is 1.73. The van der Waals surface area contributed by atoms with Gasteiger partial charge in [-0.25, -0.2) is 0 Å². The Bertz CT molecular complexity index is 455. The second kappa shape index (κ2) is 5.20. The SMILES string of the molecule is Cc1cc(C(=O)N2CCC(CCC(=O)O)C2)n[nH]1. The van der Waals surface area contributed by atoms with E-state index in [0.29, 0.717) is 31.1 Å². The number of nitrogens with one attached hydrogen (secondary N) is 1. The van der Waals surface area contributed by atoms with Crippen LogP contribution in [0.5, 0.6) is 0 Å². The average Bonchev–Trinajstić information content (AvgIpc) is 2.94. The molecular weight excluding hydrogens is 234 g/mol. The van der Waals surface area contributed by atoms with E-state index in [1.807, 2.05) is 6.92 Å². The molecule has 2 heterocycles. The number of carbonyl (C=O) groups is 2. The lowest BCUT2D eigenvalue weighted by Crippen LogP contribution is -2.29. The molecule has 2 rings (SSSR count). The minimum Gasteiger partial charge on any atom is -0.481 e. The third-order valence-electron chi connectivity index (χ3n) is 3.26. The lowest BCUT2D eigenvalue weighted by molar-refractivity contribution is -0.137. The van der Waals surface area contributed by atoms with Crippen LogP contribution in [0.25, 0.3) is 0 Å². The molecule has 0 saturated carbocycles. The normalized spacial score (nSPS) is 19.2. The summed E-state index contributed by atoms with van der Waals surface area (Å²) in [5.41, 5.74) is 1.30. The topological polar surface area (TPSA) is 86.3 Å². The molecule has 98 valence electrons. The molecule has 1 aliphatic heterocycles. The van der Waals surface area contributed by atoms with Gasteiger partial charge in [-0.2, -0.15) is 5.10 Å². The standard InChI is InChI=1S/C12H17N3O3/c1-8-6-10(14-13-8)12(18)15-5-4-9(7-15)2-3-11(16)17/h6,9H,2-5,7H2,1H3,(H,13,14)(H,16,17). The van der Waals surface area contributed by atoms with Crippen molar-refractivity contribution in [1.29, 1.82) is 0 Å². The summed E-state index contributed by atoms with van der Waals surface area (Å²) in [6.45, 7) is 3.18. The maximum absolute atomic E-state index is 12.1. The minimum absolute atomic E-state index is 0.0721. The van der Waals surface area contributed by atoms with Crippen molar-refractivity contribution in [3.8, 4) is 0 Å². The first-order chi connectivity index (χ1) is 8.56. The Morgan fingerprint density at radius 2 is 2.39 bits per heavy atom. The smallest absolute Gasteiger partial charge is 0.303 e. The fraction of sp³-hybridized carbons (Fsp3) is 0.583. The van der Waals surface area contributed by atoms with Gasteiger partial charge in [-0.05, 0) is 31.7 Å². The number of carbonyl (C=O) groups excluding carboxylic acids is 1. The zero-order valence-electron chi connectivity index (χ0n) is 10.3. The van der Waals surface area contributed by atoms with E-state index in [4.69, 9.17) is 5.11 Å². The van der Waals surface area contributed by atoms with Gasteiger partial charge >= 0.3 is 5.97 Å². The van der Waals surface area contributed by atoms with Crippen molar-refractivity contribution in [3.63, 3.8) is 0 Å². The number of hydrogen-bond donors (Lipinski definition) is 2. The molecule has 0 spiro atoms. The van der Waals surface area contributed by atoms with Gasteiger partial charge in [-0.15, -0.1) is 0 Å². The molecular formula is C12H17N3O3. The highest BCUT2D eigenvalue weighted by atomic mass is 16.4.